The Bertz CT molecular complexity index is 1810. The molecule has 4 aliphatic rings. The molecule has 2 saturated heterocycles. The van der Waals surface area contributed by atoms with Crippen molar-refractivity contribution in [2.24, 2.45) is 35.5 Å². The van der Waals surface area contributed by atoms with Crippen LogP contribution in [0.3, 0.4) is 0 Å². The fourth-order valence-corrected chi connectivity index (χ4v) is 10.5. The molecule has 1 saturated carbocycles. The molecule has 2 bridgehead atoms. The summed E-state index contributed by atoms with van der Waals surface area (Å²) in [7, 11) is 4.58. The largest absolute Gasteiger partial charge is 0.460 e. The lowest BCUT2D eigenvalue weighted by Crippen LogP contribution is -2.61. The van der Waals surface area contributed by atoms with Gasteiger partial charge in [0.05, 0.1) is 37.6 Å². The van der Waals surface area contributed by atoms with Crippen LogP contribution < -0.4 is 0 Å². The van der Waals surface area contributed by atoms with Crippen molar-refractivity contribution in [3.8, 4) is 0 Å². The van der Waals surface area contributed by atoms with Gasteiger partial charge in [-0.15, -0.1) is 0 Å². The summed E-state index contributed by atoms with van der Waals surface area (Å²) in [5.41, 5.74) is 1.26. The molecule has 3 fully saturated rings. The van der Waals surface area contributed by atoms with Crippen LogP contribution in [0.5, 0.6) is 0 Å². The molecule has 0 aromatic carbocycles. The molecular weight excluding hydrogens is 875 g/mol. The van der Waals surface area contributed by atoms with E-state index in [2.05, 4.69) is 0 Å². The second-order valence-electron chi connectivity index (χ2n) is 20.2. The lowest BCUT2D eigenvalue weighted by atomic mass is 9.78. The highest BCUT2D eigenvalue weighted by molar-refractivity contribution is 6.39. The van der Waals surface area contributed by atoms with E-state index in [0.29, 0.717) is 63.4 Å². The van der Waals surface area contributed by atoms with E-state index in [1.165, 1.54) is 12.0 Å². The van der Waals surface area contributed by atoms with Gasteiger partial charge in [-0.1, -0.05) is 71.1 Å². The minimum absolute atomic E-state index is 0.0158. The van der Waals surface area contributed by atoms with Crippen LogP contribution in [0.1, 0.15) is 126 Å². The van der Waals surface area contributed by atoms with Crippen molar-refractivity contribution in [3.05, 3.63) is 47.6 Å². The standard InChI is InChI=1S/C53H83NO14/c1-32-16-12-11-13-17-33(2)44(63-8)30-40-21-19-38(7)53(62,68-40)50(59)51(60)54-23-15-14-18-41(54)52(61)67-45(35(4)28-39-20-22-43(66-25-24-55)46(29-39)64-9)31-42(56)34(3)27-37(6)48(58)49(65-10)47(57)36(5)26-32/h11-13,16-17,27,32,34-36,38-41,43-46,48-49,55,58,62H,14-15,18-26,28-31H2,1-10H3/b13-11+,16-12+,33-17+,37-27+/t32-,34-,35-,36-,38-,39+,40-,41+,43-,44+,45+,46-,48-,49+,53-/m1/s1. The molecule has 15 heteroatoms. The predicted octanol–water partition coefficient (Wildman–Crippen LogP) is 6.20. The van der Waals surface area contributed by atoms with Gasteiger partial charge in [0, 0.05) is 58.5 Å². The van der Waals surface area contributed by atoms with Crippen molar-refractivity contribution in [3.63, 3.8) is 0 Å². The van der Waals surface area contributed by atoms with Crippen molar-refractivity contribution < 1.29 is 67.7 Å². The maximum absolute atomic E-state index is 14.5. The Kier molecular flexibility index (Phi) is 22.9. The smallest absolute Gasteiger partial charge is 0.329 e. The lowest BCUT2D eigenvalue weighted by molar-refractivity contribution is -0.265. The predicted molar refractivity (Wildman–Crippen MR) is 256 cm³/mol. The first-order chi connectivity index (χ1) is 32.3. The van der Waals surface area contributed by atoms with E-state index in [4.69, 9.17) is 28.4 Å². The quantitative estimate of drug-likeness (QED) is 0.134. The summed E-state index contributed by atoms with van der Waals surface area (Å²) in [6.07, 6.45) is 12.0. The first kappa shape index (κ1) is 57.2. The Balaban J connectivity index is 1.70. The molecule has 15 atom stereocenters. The number of rotatable bonds is 9. The van der Waals surface area contributed by atoms with Gasteiger partial charge in [-0.3, -0.25) is 19.2 Å². The van der Waals surface area contributed by atoms with Gasteiger partial charge in [0.2, 0.25) is 5.79 Å². The molecule has 0 radical (unpaired) electrons. The highest BCUT2D eigenvalue weighted by Crippen LogP contribution is 2.38. The molecule has 4 rings (SSSR count). The fraction of sp³-hybridized carbons (Fsp3) is 0.755. The Morgan fingerprint density at radius 1 is 0.853 bits per heavy atom. The first-order valence-corrected chi connectivity index (χ1v) is 25.0. The minimum Gasteiger partial charge on any atom is -0.460 e. The average molecular weight is 958 g/mol. The zero-order chi connectivity index (χ0) is 50.3. The Morgan fingerprint density at radius 2 is 1.59 bits per heavy atom. The van der Waals surface area contributed by atoms with E-state index in [0.717, 1.165) is 12.0 Å². The summed E-state index contributed by atoms with van der Waals surface area (Å²) in [4.78, 5) is 72.1. The van der Waals surface area contributed by atoms with E-state index in [9.17, 15) is 39.3 Å². The van der Waals surface area contributed by atoms with Gasteiger partial charge >= 0.3 is 5.97 Å². The van der Waals surface area contributed by atoms with Crippen LogP contribution in [0.15, 0.2) is 47.6 Å². The van der Waals surface area contributed by atoms with Crippen LogP contribution in [0, 0.1) is 35.5 Å². The van der Waals surface area contributed by atoms with Crippen molar-refractivity contribution in [2.45, 2.75) is 180 Å². The van der Waals surface area contributed by atoms with Crippen molar-refractivity contribution >= 4 is 29.2 Å². The van der Waals surface area contributed by atoms with Gasteiger partial charge in [-0.2, -0.15) is 0 Å². The number of Topliss-reactive ketones (excluding diaryl/α,β-unsaturated/α-hetero) is 3. The maximum Gasteiger partial charge on any atom is 0.329 e. The van der Waals surface area contributed by atoms with E-state index in [-0.39, 0.29) is 74.1 Å². The number of carbonyl (C=O) groups excluding carboxylic acids is 5. The monoisotopic (exact) mass is 958 g/mol. The molecule has 3 aliphatic heterocycles. The summed E-state index contributed by atoms with van der Waals surface area (Å²) < 4.78 is 35.6. The number of aliphatic hydroxyl groups excluding tert-OH is 2. The number of hydrogen-bond donors (Lipinski definition) is 3. The molecule has 0 unspecified atom stereocenters. The van der Waals surface area contributed by atoms with Gasteiger partial charge in [0.15, 0.2) is 5.78 Å². The van der Waals surface area contributed by atoms with Gasteiger partial charge in [0.25, 0.3) is 11.7 Å². The Labute approximate surface area is 405 Å². The zero-order valence-corrected chi connectivity index (χ0v) is 42.4. The van der Waals surface area contributed by atoms with Crippen molar-refractivity contribution in [1.82, 2.24) is 4.90 Å². The summed E-state index contributed by atoms with van der Waals surface area (Å²) in [5.74, 6) is -7.96. The number of aliphatic hydroxyl groups is 3. The number of ketones is 3. The molecular formula is C53H83NO14. The highest BCUT2D eigenvalue weighted by atomic mass is 16.6. The van der Waals surface area contributed by atoms with E-state index in [1.54, 1.807) is 41.1 Å². The SMILES string of the molecule is CO[C@H]1C[C@H]2CC[C@@H](C)[C@@](O)(O2)C(=O)C(=O)N2CCCC[C@H]2C(=O)O[C@H]([C@H](C)C[C@@H]2CC[C@@H](OCCO)[C@H](OC)C2)CC(=O)[C@H](C)/C=C(\C)[C@@H](O)[C@@H](OC)C(=O)[C@H](C)C[C@H](C)/C=C/C=C/C=C/1C. The number of methoxy groups -OCH3 is 3. The second kappa shape index (κ2) is 27.3. The molecule has 0 aromatic rings. The van der Waals surface area contributed by atoms with Crippen LogP contribution >= 0.6 is 0 Å². The van der Waals surface area contributed by atoms with Crippen LogP contribution in [0.25, 0.3) is 0 Å². The molecule has 68 heavy (non-hydrogen) atoms. The third-order valence-corrected chi connectivity index (χ3v) is 14.9. The summed E-state index contributed by atoms with van der Waals surface area (Å²) in [6, 6.07) is -1.14. The molecule has 3 N–H and O–H groups in total. The van der Waals surface area contributed by atoms with Crippen LogP contribution in [-0.2, 0) is 52.4 Å². The molecule has 384 valence electrons. The zero-order valence-electron chi connectivity index (χ0n) is 42.4. The molecule has 15 nitrogen and oxygen atoms in total. The van der Waals surface area contributed by atoms with Crippen LogP contribution in [-0.4, -0.2) is 145 Å². The number of cyclic esters (lactones) is 1. The topological polar surface area (TPSA) is 205 Å². The number of nitrogens with zero attached hydrogens (tertiary/aromatic N) is 1. The van der Waals surface area contributed by atoms with Gasteiger partial charge < -0.3 is 48.6 Å². The van der Waals surface area contributed by atoms with Crippen LogP contribution in [0.4, 0.5) is 0 Å². The summed E-state index contributed by atoms with van der Waals surface area (Å²) >= 11 is 0. The number of ether oxygens (including phenoxy) is 6. The number of fused-ring (bicyclic) bond motifs is 3. The highest BCUT2D eigenvalue weighted by Gasteiger charge is 2.53. The normalized spacial score (nSPS) is 39.2. The van der Waals surface area contributed by atoms with E-state index >= 15 is 0 Å². The van der Waals surface area contributed by atoms with Gasteiger partial charge in [0.1, 0.15) is 30.1 Å². The third-order valence-electron chi connectivity index (χ3n) is 14.9. The Hall–Kier alpha value is -3.41. The van der Waals surface area contributed by atoms with Crippen LogP contribution in [0.2, 0.25) is 0 Å². The average Bonchev–Trinajstić information content (AvgIpc) is 3.32. The lowest BCUT2D eigenvalue weighted by Gasteiger charge is -2.42. The first-order valence-electron chi connectivity index (χ1n) is 25.0. The van der Waals surface area contributed by atoms with Gasteiger partial charge in [-0.25, -0.2) is 4.79 Å². The van der Waals surface area contributed by atoms with Gasteiger partial charge in [-0.05, 0) is 107 Å². The summed E-state index contributed by atoms with van der Waals surface area (Å²) in [6.45, 7) is 12.9. The second-order valence-corrected chi connectivity index (χ2v) is 20.2. The molecule has 0 aromatic heterocycles. The number of esters is 1. The number of allylic oxidation sites excluding steroid dienone is 6. The number of carbonyl (C=O) groups is 5. The Morgan fingerprint density at radius 3 is 2.26 bits per heavy atom. The molecule has 3 heterocycles. The number of piperidine rings is 1. The summed E-state index contributed by atoms with van der Waals surface area (Å²) in [5, 5.41) is 32.8. The number of amides is 1. The van der Waals surface area contributed by atoms with E-state index < -0.39 is 77.8 Å². The fourth-order valence-electron chi connectivity index (χ4n) is 10.5. The van der Waals surface area contributed by atoms with Crippen molar-refractivity contribution in [2.75, 3.05) is 41.1 Å². The van der Waals surface area contributed by atoms with Crippen molar-refractivity contribution in [1.29, 1.82) is 0 Å². The van der Waals surface area contributed by atoms with E-state index in [1.807, 2.05) is 58.1 Å². The molecule has 1 amide bonds. The minimum atomic E-state index is -2.43. The molecule has 1 aliphatic carbocycles. The maximum atomic E-state index is 14.5. The number of hydrogen-bond acceptors (Lipinski definition) is 14. The molecule has 0 spiro atoms. The third kappa shape index (κ3) is 15.3.